The zero-order chi connectivity index (χ0) is 13.9. The smallest absolute Gasteiger partial charge is 0.114 e. The summed E-state index contributed by atoms with van der Waals surface area (Å²) in [5.74, 6) is 0. The molecule has 0 amide bonds. The molecule has 0 radical (unpaired) electrons. The van der Waals surface area contributed by atoms with Gasteiger partial charge < -0.3 is 4.74 Å². The van der Waals surface area contributed by atoms with Crippen molar-refractivity contribution in [3.05, 3.63) is 0 Å². The van der Waals surface area contributed by atoms with E-state index in [1.54, 1.807) is 0 Å². The number of nitrogens with one attached hydrogen (secondary N) is 1. The van der Waals surface area contributed by atoms with Crippen molar-refractivity contribution in [2.24, 2.45) is 10.8 Å². The maximum atomic E-state index is 6.17. The molecule has 0 aliphatic rings. The Labute approximate surface area is 109 Å². The van der Waals surface area contributed by atoms with Crippen molar-refractivity contribution < 1.29 is 4.74 Å². The normalized spacial score (nSPS) is 16.1. The van der Waals surface area contributed by atoms with Crippen LogP contribution in [0.5, 0.6) is 0 Å². The third-order valence-corrected chi connectivity index (χ3v) is 4.01. The van der Waals surface area contributed by atoms with Gasteiger partial charge in [0, 0.05) is 5.41 Å². The summed E-state index contributed by atoms with van der Waals surface area (Å²) in [7, 11) is 1.99. The van der Waals surface area contributed by atoms with Crippen LogP contribution in [0.3, 0.4) is 0 Å². The molecule has 0 bridgehead atoms. The number of hydrogen-bond donors (Lipinski definition) is 1. The molecule has 104 valence electrons. The van der Waals surface area contributed by atoms with Crippen LogP contribution in [0.2, 0.25) is 0 Å². The minimum absolute atomic E-state index is 0.0732. The molecule has 17 heavy (non-hydrogen) atoms. The summed E-state index contributed by atoms with van der Waals surface area (Å²) in [5, 5.41) is 3.34. The fourth-order valence-electron chi connectivity index (χ4n) is 2.22. The van der Waals surface area contributed by atoms with Gasteiger partial charge in [0.15, 0.2) is 0 Å². The van der Waals surface area contributed by atoms with Crippen LogP contribution >= 0.6 is 0 Å². The Bertz CT molecular complexity index is 226. The molecular formula is C15H33NO. The average molecular weight is 243 g/mol. The predicted molar refractivity (Wildman–Crippen MR) is 76.2 cm³/mol. The van der Waals surface area contributed by atoms with E-state index in [4.69, 9.17) is 4.74 Å². The maximum absolute atomic E-state index is 6.17. The molecule has 0 aromatic heterocycles. The van der Waals surface area contributed by atoms with Crippen molar-refractivity contribution in [2.45, 2.75) is 80.1 Å². The Hall–Kier alpha value is -0.0800. The van der Waals surface area contributed by atoms with E-state index in [2.05, 4.69) is 60.7 Å². The van der Waals surface area contributed by atoms with Gasteiger partial charge in [0.1, 0.15) is 6.23 Å². The summed E-state index contributed by atoms with van der Waals surface area (Å²) in [6.07, 6.45) is 2.50. The fraction of sp³-hybridized carbons (Fsp3) is 1.00. The molecule has 0 spiro atoms. The van der Waals surface area contributed by atoms with E-state index < -0.39 is 0 Å². The summed E-state index contributed by atoms with van der Waals surface area (Å²) in [4.78, 5) is 0. The molecule has 0 saturated carbocycles. The van der Waals surface area contributed by atoms with Crippen LogP contribution in [0.1, 0.15) is 68.2 Å². The zero-order valence-electron chi connectivity index (χ0n) is 13.4. The van der Waals surface area contributed by atoms with Gasteiger partial charge in [-0.25, -0.2) is 0 Å². The Morgan fingerprint density at radius 1 is 1.00 bits per heavy atom. The molecule has 1 atom stereocenters. The number of hydrogen-bond acceptors (Lipinski definition) is 2. The van der Waals surface area contributed by atoms with Gasteiger partial charge >= 0.3 is 0 Å². The van der Waals surface area contributed by atoms with E-state index in [0.29, 0.717) is 0 Å². The summed E-state index contributed by atoms with van der Waals surface area (Å²) in [6, 6.07) is 0. The van der Waals surface area contributed by atoms with Crippen LogP contribution in [0, 0.1) is 10.8 Å². The highest BCUT2D eigenvalue weighted by atomic mass is 16.5. The molecule has 2 nitrogen and oxygen atoms in total. The predicted octanol–water partition coefficient (Wildman–Crippen LogP) is 4.20. The van der Waals surface area contributed by atoms with Gasteiger partial charge in [-0.2, -0.15) is 0 Å². The lowest BCUT2D eigenvalue weighted by Crippen LogP contribution is -2.52. The Balaban J connectivity index is 4.97. The van der Waals surface area contributed by atoms with Gasteiger partial charge in [-0.3, -0.25) is 5.32 Å². The first-order valence-electron chi connectivity index (χ1n) is 6.83. The summed E-state index contributed by atoms with van der Waals surface area (Å²) in [5.41, 5.74) is 0.221. The topological polar surface area (TPSA) is 21.3 Å². The quantitative estimate of drug-likeness (QED) is 0.706. The first kappa shape index (κ1) is 16.9. The van der Waals surface area contributed by atoms with Crippen molar-refractivity contribution in [2.75, 3.05) is 7.05 Å². The SMILES string of the molecule is CCCC(C)(C)C(C)(C)C(NC)OC(C)(C)C. The lowest BCUT2D eigenvalue weighted by atomic mass is 9.64. The third kappa shape index (κ3) is 4.59. The van der Waals surface area contributed by atoms with Gasteiger partial charge in [0.25, 0.3) is 0 Å². The van der Waals surface area contributed by atoms with Crippen LogP contribution in [0.15, 0.2) is 0 Å². The molecule has 2 heteroatoms. The second-order valence-electron chi connectivity index (χ2n) is 7.25. The lowest BCUT2D eigenvalue weighted by molar-refractivity contribution is -0.155. The van der Waals surface area contributed by atoms with E-state index in [1.165, 1.54) is 12.8 Å². The average Bonchev–Trinajstić information content (AvgIpc) is 2.12. The van der Waals surface area contributed by atoms with Crippen molar-refractivity contribution in [3.63, 3.8) is 0 Å². The van der Waals surface area contributed by atoms with Gasteiger partial charge in [-0.15, -0.1) is 0 Å². The van der Waals surface area contributed by atoms with E-state index in [9.17, 15) is 0 Å². The van der Waals surface area contributed by atoms with E-state index >= 15 is 0 Å². The van der Waals surface area contributed by atoms with Crippen molar-refractivity contribution in [3.8, 4) is 0 Å². The van der Waals surface area contributed by atoms with Gasteiger partial charge in [0.2, 0.25) is 0 Å². The second-order valence-corrected chi connectivity index (χ2v) is 7.25. The van der Waals surface area contributed by atoms with E-state index in [-0.39, 0.29) is 22.7 Å². The standard InChI is InChI=1S/C15H33NO/c1-10-11-14(5,6)15(7,8)12(16-9)17-13(2,3)4/h12,16H,10-11H2,1-9H3. The van der Waals surface area contributed by atoms with Crippen LogP contribution in [0.25, 0.3) is 0 Å². The highest BCUT2D eigenvalue weighted by Crippen LogP contribution is 2.45. The highest BCUT2D eigenvalue weighted by molar-refractivity contribution is 4.91. The number of ether oxygens (including phenoxy) is 1. The van der Waals surface area contributed by atoms with Crippen LogP contribution in [-0.4, -0.2) is 18.9 Å². The molecule has 0 fully saturated rings. The van der Waals surface area contributed by atoms with Gasteiger partial charge in [-0.1, -0.05) is 41.0 Å². The maximum Gasteiger partial charge on any atom is 0.114 e. The van der Waals surface area contributed by atoms with Crippen molar-refractivity contribution in [1.82, 2.24) is 5.32 Å². The number of rotatable bonds is 6. The summed E-state index contributed by atoms with van der Waals surface area (Å²) >= 11 is 0. The van der Waals surface area contributed by atoms with Crippen molar-refractivity contribution in [1.29, 1.82) is 0 Å². The summed E-state index contributed by atoms with van der Waals surface area (Å²) in [6.45, 7) is 17.9. The largest absolute Gasteiger partial charge is 0.357 e. The Morgan fingerprint density at radius 2 is 1.47 bits per heavy atom. The molecule has 0 rings (SSSR count). The second kappa shape index (κ2) is 5.71. The molecule has 0 aliphatic heterocycles. The van der Waals surface area contributed by atoms with Gasteiger partial charge in [0.05, 0.1) is 5.60 Å². The lowest BCUT2D eigenvalue weighted by Gasteiger charge is -2.48. The Kier molecular flexibility index (Phi) is 5.68. The molecule has 0 aliphatic carbocycles. The molecule has 0 heterocycles. The van der Waals surface area contributed by atoms with Gasteiger partial charge in [-0.05, 0) is 39.7 Å². The first-order valence-corrected chi connectivity index (χ1v) is 6.83. The van der Waals surface area contributed by atoms with Crippen LogP contribution < -0.4 is 5.32 Å². The molecule has 0 aromatic carbocycles. The molecule has 0 saturated heterocycles. The van der Waals surface area contributed by atoms with E-state index in [1.807, 2.05) is 7.05 Å². The molecule has 1 unspecified atom stereocenters. The minimum Gasteiger partial charge on any atom is -0.357 e. The highest BCUT2D eigenvalue weighted by Gasteiger charge is 2.43. The van der Waals surface area contributed by atoms with Crippen LogP contribution in [-0.2, 0) is 4.74 Å². The van der Waals surface area contributed by atoms with Crippen LogP contribution in [0.4, 0.5) is 0 Å². The molecular weight excluding hydrogens is 210 g/mol. The fourth-order valence-corrected chi connectivity index (χ4v) is 2.22. The van der Waals surface area contributed by atoms with Crippen molar-refractivity contribution >= 4 is 0 Å². The zero-order valence-corrected chi connectivity index (χ0v) is 13.4. The first-order chi connectivity index (χ1) is 7.48. The Morgan fingerprint density at radius 3 is 1.76 bits per heavy atom. The molecule has 1 N–H and O–H groups in total. The minimum atomic E-state index is -0.118. The molecule has 0 aromatic rings. The third-order valence-electron chi connectivity index (χ3n) is 4.01. The summed E-state index contributed by atoms with van der Waals surface area (Å²) < 4.78 is 6.17. The monoisotopic (exact) mass is 243 g/mol. The van der Waals surface area contributed by atoms with E-state index in [0.717, 1.165) is 0 Å².